The van der Waals surface area contributed by atoms with Gasteiger partial charge >= 0.3 is 11.9 Å². The van der Waals surface area contributed by atoms with Gasteiger partial charge in [-0.25, -0.2) is 0 Å². The average Bonchev–Trinajstić information content (AvgIpc) is 2.73. The predicted molar refractivity (Wildman–Crippen MR) is 135 cm³/mol. The van der Waals surface area contributed by atoms with Crippen LogP contribution < -0.4 is 5.32 Å². The summed E-state index contributed by atoms with van der Waals surface area (Å²) in [5.74, 6) is -1.31. The molecule has 0 aromatic heterocycles. The number of hydrogen-bond acceptors (Lipinski definition) is 4. The summed E-state index contributed by atoms with van der Waals surface area (Å²) in [6.45, 7) is 10.6. The fourth-order valence-corrected chi connectivity index (χ4v) is 2.91. The van der Waals surface area contributed by atoms with Crippen LogP contribution >= 0.6 is 0 Å². The van der Waals surface area contributed by atoms with Gasteiger partial charge in [0.25, 0.3) is 0 Å². The lowest BCUT2D eigenvalue weighted by Gasteiger charge is -2.16. The molecule has 0 fully saturated rings. The average molecular weight is 466 g/mol. The van der Waals surface area contributed by atoms with Crippen LogP contribution in [0.2, 0.25) is 0 Å². The van der Waals surface area contributed by atoms with Gasteiger partial charge in [0.2, 0.25) is 5.91 Å². The van der Waals surface area contributed by atoms with E-state index in [1.165, 1.54) is 5.56 Å². The Morgan fingerprint density at radius 2 is 1.48 bits per heavy atom. The number of carbonyl (C=O) groups is 3. The maximum absolute atomic E-state index is 12.4. The smallest absolute Gasteiger partial charge is 0.322 e. The quantitative estimate of drug-likeness (QED) is 0.267. The highest BCUT2D eigenvalue weighted by Crippen LogP contribution is 2.17. The second-order valence-electron chi connectivity index (χ2n) is 8.76. The molecule has 0 saturated carbocycles. The molecule has 0 radical (unpaired) electrons. The summed E-state index contributed by atoms with van der Waals surface area (Å²) in [6.07, 6.45) is 5.67. The fraction of sp³-hybridized carbons (Fsp3) is 0.667. The van der Waals surface area contributed by atoms with Crippen molar-refractivity contribution in [2.45, 2.75) is 93.4 Å². The summed E-state index contributed by atoms with van der Waals surface area (Å²) in [5.41, 5.74) is 2.42. The second kappa shape index (κ2) is 20.3. The molecule has 1 rings (SSSR count). The van der Waals surface area contributed by atoms with Crippen molar-refractivity contribution in [3.63, 3.8) is 0 Å². The van der Waals surface area contributed by atoms with E-state index in [1.807, 2.05) is 6.92 Å². The van der Waals surface area contributed by atoms with E-state index in [-0.39, 0.29) is 25.7 Å². The molecule has 0 aliphatic rings. The number of aliphatic carboxylic acids is 1. The minimum Gasteiger partial charge on any atom is -0.480 e. The van der Waals surface area contributed by atoms with Crippen molar-refractivity contribution in [2.75, 3.05) is 13.2 Å². The van der Waals surface area contributed by atoms with Gasteiger partial charge in [-0.15, -0.1) is 0 Å². The van der Waals surface area contributed by atoms with Crippen molar-refractivity contribution in [1.29, 1.82) is 0 Å². The maximum Gasteiger partial charge on any atom is 0.322 e. The summed E-state index contributed by atoms with van der Waals surface area (Å²) in [5, 5.41) is 11.2. The maximum atomic E-state index is 12.4. The number of hydrogen-bond donors (Lipinski definition) is 2. The van der Waals surface area contributed by atoms with Crippen molar-refractivity contribution in [2.24, 2.45) is 11.8 Å². The molecule has 0 saturated heterocycles. The Hall–Kier alpha value is -2.37. The largest absolute Gasteiger partial charge is 0.480 e. The van der Waals surface area contributed by atoms with Crippen molar-refractivity contribution in [1.82, 2.24) is 5.32 Å². The lowest BCUT2D eigenvalue weighted by Crippen LogP contribution is -2.35. The number of carboxylic acid groups (broad SMARTS) is 1. The number of esters is 1. The van der Waals surface area contributed by atoms with Gasteiger partial charge < -0.3 is 15.2 Å². The number of nitrogens with one attached hydrogen (secondary N) is 1. The number of carboxylic acids is 1. The number of amides is 1. The van der Waals surface area contributed by atoms with Gasteiger partial charge in [-0.05, 0) is 49.1 Å². The van der Waals surface area contributed by atoms with Crippen LogP contribution in [0.25, 0.3) is 0 Å². The predicted octanol–water partition coefficient (Wildman–Crippen LogP) is 5.81. The van der Waals surface area contributed by atoms with Crippen molar-refractivity contribution >= 4 is 17.8 Å². The number of carbonyl (C=O) groups excluding carboxylic acids is 2. The van der Waals surface area contributed by atoms with Crippen LogP contribution in [0.5, 0.6) is 0 Å². The molecule has 190 valence electrons. The highest BCUT2D eigenvalue weighted by molar-refractivity contribution is 5.83. The monoisotopic (exact) mass is 465 g/mol. The van der Waals surface area contributed by atoms with Crippen LogP contribution in [0.1, 0.15) is 91.7 Å². The van der Waals surface area contributed by atoms with E-state index in [0.717, 1.165) is 37.2 Å². The number of benzene rings is 1. The molecule has 1 atom stereocenters. The first-order valence-corrected chi connectivity index (χ1v) is 11.9. The van der Waals surface area contributed by atoms with Crippen LogP contribution in [-0.2, 0) is 32.0 Å². The van der Waals surface area contributed by atoms with Crippen molar-refractivity contribution in [3.05, 3.63) is 35.4 Å². The van der Waals surface area contributed by atoms with E-state index >= 15 is 0 Å². The Labute approximate surface area is 201 Å². The number of ether oxygens (including phenoxy) is 1. The molecule has 0 aliphatic heterocycles. The van der Waals surface area contributed by atoms with Gasteiger partial charge in [0.1, 0.15) is 6.54 Å². The topological polar surface area (TPSA) is 92.7 Å². The first kappa shape index (κ1) is 32.8. The van der Waals surface area contributed by atoms with E-state index in [1.54, 1.807) is 0 Å². The molecule has 0 heterocycles. The van der Waals surface area contributed by atoms with Crippen LogP contribution in [0.4, 0.5) is 0 Å². The third kappa shape index (κ3) is 18.9. The van der Waals surface area contributed by atoms with Gasteiger partial charge in [-0.3, -0.25) is 14.4 Å². The zero-order valence-corrected chi connectivity index (χ0v) is 20.6. The van der Waals surface area contributed by atoms with Crippen molar-refractivity contribution in [3.8, 4) is 0 Å². The van der Waals surface area contributed by atoms with Gasteiger partial charge in [0, 0.05) is 12.3 Å². The van der Waals surface area contributed by atoms with Crippen molar-refractivity contribution < 1.29 is 24.2 Å². The highest BCUT2D eigenvalue weighted by atomic mass is 16.5. The Morgan fingerprint density at radius 1 is 0.939 bits per heavy atom. The molecular formula is C27H47NO5. The lowest BCUT2D eigenvalue weighted by molar-refractivity contribution is -0.144. The lowest BCUT2D eigenvalue weighted by atomic mass is 9.93. The molecule has 0 bridgehead atoms. The Morgan fingerprint density at radius 3 is 1.97 bits per heavy atom. The highest BCUT2D eigenvalue weighted by Gasteiger charge is 2.20. The number of aryl methyl sites for hydroxylation is 2. The third-order valence-corrected chi connectivity index (χ3v) is 4.59. The third-order valence-electron chi connectivity index (χ3n) is 4.59. The Balaban J connectivity index is 0. The van der Waals surface area contributed by atoms with Gasteiger partial charge in [-0.1, -0.05) is 79.2 Å². The molecule has 1 aromatic carbocycles. The summed E-state index contributed by atoms with van der Waals surface area (Å²) in [4.78, 5) is 34.9. The van der Waals surface area contributed by atoms with E-state index in [2.05, 4.69) is 57.3 Å². The molecule has 0 aliphatic carbocycles. The van der Waals surface area contributed by atoms with E-state index in [0.29, 0.717) is 25.9 Å². The zero-order valence-electron chi connectivity index (χ0n) is 20.6. The van der Waals surface area contributed by atoms with E-state index < -0.39 is 18.4 Å². The summed E-state index contributed by atoms with van der Waals surface area (Å²) >= 11 is 0. The molecule has 0 spiro atoms. The van der Waals surface area contributed by atoms with E-state index in [9.17, 15) is 14.4 Å². The van der Waals surface area contributed by atoms with Gasteiger partial charge in [-0.2, -0.15) is 0 Å². The van der Waals surface area contributed by atoms with Gasteiger partial charge in [0.15, 0.2) is 0 Å². The zero-order chi connectivity index (χ0) is 24.4. The summed E-state index contributed by atoms with van der Waals surface area (Å²) in [6, 6.07) is 8.33. The Kier molecular flexibility index (Phi) is 20.1. The Bertz CT molecular complexity index is 652. The first-order valence-electron chi connectivity index (χ1n) is 11.9. The normalized spacial score (nSPS) is 11.0. The fourth-order valence-electron chi connectivity index (χ4n) is 2.91. The van der Waals surface area contributed by atoms with Gasteiger partial charge in [0.05, 0.1) is 6.61 Å². The standard InChI is InChI=1S/C22H33NO5.C4H10.CH4/c1-3-5-15-28-21(26)14-13-19(22(27)23-16-20(24)25)12-11-18-9-7-17(6-4-2)8-10-18;1-4(2)3;/h7-10,19H,3-6,11-16H2,1-2H3,(H,23,27)(H,24,25);4H,1-3H3;1H4/t19-;;/m1../s1. The molecule has 2 N–H and O–H groups in total. The van der Waals surface area contributed by atoms with Crippen LogP contribution in [-0.4, -0.2) is 36.1 Å². The minimum atomic E-state index is -1.09. The minimum absolute atomic E-state index is 0. The summed E-state index contributed by atoms with van der Waals surface area (Å²) < 4.78 is 5.14. The number of unbranched alkanes of at least 4 members (excludes halogenated alkanes) is 1. The summed E-state index contributed by atoms with van der Waals surface area (Å²) in [7, 11) is 0. The molecule has 6 nitrogen and oxygen atoms in total. The second-order valence-corrected chi connectivity index (χ2v) is 8.76. The number of rotatable bonds is 14. The van der Waals surface area contributed by atoms with Crippen LogP contribution in [0, 0.1) is 11.8 Å². The van der Waals surface area contributed by atoms with Crippen LogP contribution in [0.3, 0.4) is 0 Å². The SMILES string of the molecule is C.CC(C)C.CCCCOC(=O)CC[C@@H](CCc1ccc(CCC)cc1)C(=O)NCC(=O)O. The molecule has 1 aromatic rings. The first-order chi connectivity index (χ1) is 15.2. The molecule has 0 unspecified atom stereocenters. The molecular weight excluding hydrogens is 418 g/mol. The van der Waals surface area contributed by atoms with E-state index in [4.69, 9.17) is 9.84 Å². The molecule has 33 heavy (non-hydrogen) atoms. The van der Waals surface area contributed by atoms with Crippen LogP contribution in [0.15, 0.2) is 24.3 Å². The molecule has 1 amide bonds. The molecule has 6 heteroatoms.